The average molecular weight is 498 g/mol. The largest absolute Gasteiger partial charge is 0.385 e. The topological polar surface area (TPSA) is 93.9 Å². The van der Waals surface area contributed by atoms with Crippen molar-refractivity contribution in [2.24, 2.45) is 17.6 Å². The third-order valence-corrected chi connectivity index (χ3v) is 7.98. The van der Waals surface area contributed by atoms with Gasteiger partial charge in [-0.25, -0.2) is 0 Å². The van der Waals surface area contributed by atoms with Gasteiger partial charge in [0.15, 0.2) is 0 Å². The number of rotatable bonds is 13. The number of nitrogens with zero attached hydrogens (tertiary/aromatic N) is 1. The van der Waals surface area contributed by atoms with Crippen molar-refractivity contribution >= 4 is 11.4 Å². The van der Waals surface area contributed by atoms with E-state index in [2.05, 4.69) is 22.3 Å². The Morgan fingerprint density at radius 3 is 2.53 bits per heavy atom. The van der Waals surface area contributed by atoms with Gasteiger partial charge in [-0.05, 0) is 37.2 Å². The minimum atomic E-state index is -0.398. The van der Waals surface area contributed by atoms with Crippen LogP contribution in [0.25, 0.3) is 0 Å². The van der Waals surface area contributed by atoms with Crippen LogP contribution in [0.2, 0.25) is 0 Å². The number of hydrogen-bond acceptors (Lipinski definition) is 7. The third kappa shape index (κ3) is 6.55. The van der Waals surface area contributed by atoms with Crippen molar-refractivity contribution in [2.75, 3.05) is 50.2 Å². The molecule has 7 heteroatoms. The summed E-state index contributed by atoms with van der Waals surface area (Å²) in [6.07, 6.45) is 10.0. The highest BCUT2D eigenvalue weighted by Crippen LogP contribution is 2.36. The normalized spacial score (nSPS) is 20.9. The van der Waals surface area contributed by atoms with Crippen molar-refractivity contribution in [1.29, 1.82) is 0 Å². The Balaban J connectivity index is 1.46. The van der Waals surface area contributed by atoms with Gasteiger partial charge in [0.25, 0.3) is 10.9 Å². The van der Waals surface area contributed by atoms with Gasteiger partial charge in [0.2, 0.25) is 0 Å². The van der Waals surface area contributed by atoms with Gasteiger partial charge in [-0.1, -0.05) is 62.4 Å². The molecule has 3 N–H and O–H groups in total. The van der Waals surface area contributed by atoms with Crippen molar-refractivity contribution in [3.8, 4) is 0 Å². The van der Waals surface area contributed by atoms with Gasteiger partial charge in [-0.3, -0.25) is 9.59 Å². The summed E-state index contributed by atoms with van der Waals surface area (Å²) in [5.74, 6) is 0.879. The third-order valence-electron chi connectivity index (χ3n) is 7.98. The Kier molecular flexibility index (Phi) is 9.96. The van der Waals surface area contributed by atoms with Gasteiger partial charge >= 0.3 is 0 Å². The van der Waals surface area contributed by atoms with Crippen LogP contribution in [0.3, 0.4) is 0 Å². The molecule has 4 rings (SSSR count). The molecule has 2 aliphatic rings. The number of nitrogens with two attached hydrogens (primary N) is 1. The molecule has 1 aliphatic heterocycles. The van der Waals surface area contributed by atoms with Gasteiger partial charge < -0.3 is 25.4 Å². The van der Waals surface area contributed by atoms with E-state index in [0.29, 0.717) is 43.6 Å². The maximum atomic E-state index is 12.8. The molecule has 2 aromatic rings. The Morgan fingerprint density at radius 2 is 1.81 bits per heavy atom. The predicted octanol–water partition coefficient (Wildman–Crippen LogP) is 4.00. The van der Waals surface area contributed by atoms with Gasteiger partial charge in [-0.2, -0.15) is 0 Å². The zero-order valence-corrected chi connectivity index (χ0v) is 21.8. The van der Waals surface area contributed by atoms with Crippen molar-refractivity contribution < 1.29 is 9.47 Å². The first-order valence-electron chi connectivity index (χ1n) is 13.8. The summed E-state index contributed by atoms with van der Waals surface area (Å²) in [7, 11) is 1.70. The van der Waals surface area contributed by atoms with Crippen LogP contribution in [0.1, 0.15) is 69.5 Å². The van der Waals surface area contributed by atoms with Crippen LogP contribution in [-0.4, -0.2) is 46.0 Å². The summed E-state index contributed by atoms with van der Waals surface area (Å²) in [6, 6.07) is 10.3. The molecule has 0 amide bonds. The van der Waals surface area contributed by atoms with Gasteiger partial charge in [0.1, 0.15) is 11.4 Å². The number of hydrogen-bond donors (Lipinski definition) is 2. The number of ether oxygens (including phenoxy) is 2. The van der Waals surface area contributed by atoms with E-state index in [9.17, 15) is 9.59 Å². The van der Waals surface area contributed by atoms with Crippen LogP contribution in [0, 0.1) is 11.8 Å². The first-order valence-corrected chi connectivity index (χ1v) is 13.8. The molecule has 3 unspecified atom stereocenters. The summed E-state index contributed by atoms with van der Waals surface area (Å²) < 4.78 is 11.6. The van der Waals surface area contributed by atoms with E-state index in [1.54, 1.807) is 7.11 Å². The standard InChI is InChI=1S/C29H43N3O4/c1-35-16-9-17-36-29(22-12-6-3-7-13-22)23-14-8-15-32(20-23)26-25(27(33)28(26)34)31-24(19-30)18-21-10-4-2-5-11-21/h3,6-7,12-13,21,23-24,29,31H,2,4-5,8-11,14-20,30H2,1H3. The predicted molar refractivity (Wildman–Crippen MR) is 146 cm³/mol. The van der Waals surface area contributed by atoms with Gasteiger partial charge in [0.05, 0.1) is 6.10 Å². The SMILES string of the molecule is COCCCOC(c1ccccc1)C1CCCN(c2c(NC(CN)CC3CCCCC3)c(=O)c2=O)C1. The van der Waals surface area contributed by atoms with Crippen molar-refractivity contribution in [3.63, 3.8) is 0 Å². The second-order valence-corrected chi connectivity index (χ2v) is 10.6. The number of methoxy groups -OCH3 is 1. The second kappa shape index (κ2) is 13.4. The highest BCUT2D eigenvalue weighted by molar-refractivity contribution is 5.75. The minimum absolute atomic E-state index is 0.0249. The molecule has 0 radical (unpaired) electrons. The molecule has 2 fully saturated rings. The molecule has 1 heterocycles. The molecular weight excluding hydrogens is 454 g/mol. The zero-order valence-electron chi connectivity index (χ0n) is 21.8. The Bertz CT molecular complexity index is 998. The summed E-state index contributed by atoms with van der Waals surface area (Å²) in [4.78, 5) is 27.5. The summed E-state index contributed by atoms with van der Waals surface area (Å²) >= 11 is 0. The lowest BCUT2D eigenvalue weighted by Gasteiger charge is -2.39. The molecule has 198 valence electrons. The van der Waals surface area contributed by atoms with Gasteiger partial charge in [-0.15, -0.1) is 0 Å². The van der Waals surface area contributed by atoms with E-state index in [1.807, 2.05) is 18.2 Å². The molecule has 0 bridgehead atoms. The Labute approximate surface area is 215 Å². The fourth-order valence-electron chi connectivity index (χ4n) is 6.08. The highest BCUT2D eigenvalue weighted by Gasteiger charge is 2.34. The van der Waals surface area contributed by atoms with E-state index in [0.717, 1.165) is 37.8 Å². The van der Waals surface area contributed by atoms with Crippen molar-refractivity contribution in [1.82, 2.24) is 0 Å². The van der Waals surface area contributed by atoms with E-state index in [-0.39, 0.29) is 23.5 Å². The van der Waals surface area contributed by atoms with Crippen LogP contribution in [-0.2, 0) is 9.47 Å². The number of nitrogens with one attached hydrogen (secondary N) is 1. The molecular formula is C29H43N3O4. The van der Waals surface area contributed by atoms with E-state index in [4.69, 9.17) is 15.2 Å². The lowest BCUT2D eigenvalue weighted by atomic mass is 9.84. The zero-order chi connectivity index (χ0) is 25.3. The Morgan fingerprint density at radius 1 is 1.03 bits per heavy atom. The van der Waals surface area contributed by atoms with Crippen LogP contribution < -0.4 is 26.8 Å². The quantitative estimate of drug-likeness (QED) is 0.319. The minimum Gasteiger partial charge on any atom is -0.385 e. The maximum absolute atomic E-state index is 12.8. The second-order valence-electron chi connectivity index (χ2n) is 10.6. The monoisotopic (exact) mass is 497 g/mol. The van der Waals surface area contributed by atoms with Gasteiger partial charge in [0, 0.05) is 51.9 Å². The molecule has 7 nitrogen and oxygen atoms in total. The summed E-state index contributed by atoms with van der Waals surface area (Å²) in [6.45, 7) is 3.22. The number of benzene rings is 1. The number of piperidine rings is 1. The van der Waals surface area contributed by atoms with Crippen LogP contribution >= 0.6 is 0 Å². The fraction of sp³-hybridized carbons (Fsp3) is 0.655. The van der Waals surface area contributed by atoms with Crippen LogP contribution in [0.5, 0.6) is 0 Å². The average Bonchev–Trinajstić information content (AvgIpc) is 2.93. The highest BCUT2D eigenvalue weighted by atomic mass is 16.5. The molecule has 0 aromatic heterocycles. The van der Waals surface area contributed by atoms with Crippen molar-refractivity contribution in [2.45, 2.75) is 69.9 Å². The summed E-state index contributed by atoms with van der Waals surface area (Å²) in [5, 5.41) is 3.40. The molecule has 1 aliphatic carbocycles. The maximum Gasteiger partial charge on any atom is 0.253 e. The van der Waals surface area contributed by atoms with E-state index < -0.39 is 5.43 Å². The molecule has 3 atom stereocenters. The molecule has 1 saturated carbocycles. The van der Waals surface area contributed by atoms with E-state index in [1.165, 1.54) is 32.1 Å². The summed E-state index contributed by atoms with van der Waals surface area (Å²) in [5.41, 5.74) is 7.51. The van der Waals surface area contributed by atoms with E-state index >= 15 is 0 Å². The fourth-order valence-corrected chi connectivity index (χ4v) is 6.08. The first kappa shape index (κ1) is 26.8. The lowest BCUT2D eigenvalue weighted by molar-refractivity contribution is -0.00235. The molecule has 0 spiro atoms. The van der Waals surface area contributed by atoms with Crippen LogP contribution in [0.4, 0.5) is 11.4 Å². The molecule has 1 saturated heterocycles. The molecule has 2 aromatic carbocycles. The Hall–Kier alpha value is -2.22. The first-order chi connectivity index (χ1) is 17.6. The number of anilines is 2. The lowest BCUT2D eigenvalue weighted by Crippen LogP contribution is -2.48. The van der Waals surface area contributed by atoms with Crippen molar-refractivity contribution in [3.05, 3.63) is 56.3 Å². The van der Waals surface area contributed by atoms with Crippen LogP contribution in [0.15, 0.2) is 39.9 Å². The smallest absolute Gasteiger partial charge is 0.253 e. The molecule has 36 heavy (non-hydrogen) atoms.